The average molecular weight is 430 g/mol. The van der Waals surface area contributed by atoms with Crippen molar-refractivity contribution in [3.63, 3.8) is 0 Å². The maximum atomic E-state index is 11.2. The molecule has 5 nitrogen and oxygen atoms in total. The molecule has 0 aliphatic heterocycles. The van der Waals surface area contributed by atoms with Gasteiger partial charge in [0.05, 0.1) is 6.42 Å². The fraction of sp³-hybridized carbons (Fsp3) is 0.222. The molecule has 0 fully saturated rings. The van der Waals surface area contributed by atoms with Gasteiger partial charge in [0.15, 0.2) is 0 Å². The van der Waals surface area contributed by atoms with E-state index in [-0.39, 0.29) is 6.42 Å². The predicted molar refractivity (Wildman–Crippen MR) is 126 cm³/mol. The van der Waals surface area contributed by atoms with Gasteiger partial charge in [-0.15, -0.1) is 0 Å². The topological polar surface area (TPSA) is 85.7 Å². The summed E-state index contributed by atoms with van der Waals surface area (Å²) in [5, 5.41) is 10.2. The molecule has 0 saturated carbocycles. The number of ether oxygens (including phenoxy) is 1. The second-order valence-corrected chi connectivity index (χ2v) is 7.84. The summed E-state index contributed by atoms with van der Waals surface area (Å²) in [5.74, 6) is 0.607. The number of fused-ring (bicyclic) bond motifs is 1. The molecule has 0 aliphatic rings. The third-order valence-electron chi connectivity index (χ3n) is 5.53. The Labute approximate surface area is 187 Å². The van der Waals surface area contributed by atoms with Crippen molar-refractivity contribution < 1.29 is 19.1 Å². The van der Waals surface area contributed by atoms with Crippen molar-refractivity contribution >= 4 is 16.9 Å². The number of aryl methyl sites for hydroxylation is 1. The minimum absolute atomic E-state index is 0.0776. The number of carboxylic acids is 1. The average Bonchev–Trinajstić information content (AvgIpc) is 3.14. The van der Waals surface area contributed by atoms with Gasteiger partial charge in [-0.2, -0.15) is 0 Å². The van der Waals surface area contributed by atoms with Crippen LogP contribution in [0.4, 0.5) is 0 Å². The number of benzene rings is 3. The molecule has 1 heterocycles. The van der Waals surface area contributed by atoms with Crippen LogP contribution < -0.4 is 10.5 Å². The van der Waals surface area contributed by atoms with Gasteiger partial charge >= 0.3 is 5.97 Å². The lowest BCUT2D eigenvalue weighted by Crippen LogP contribution is -2.04. The molecule has 0 spiro atoms. The summed E-state index contributed by atoms with van der Waals surface area (Å²) >= 11 is 0. The van der Waals surface area contributed by atoms with Crippen LogP contribution in [0.1, 0.15) is 35.8 Å². The molecule has 4 aromatic rings. The Morgan fingerprint density at radius 3 is 2.62 bits per heavy atom. The zero-order valence-corrected chi connectivity index (χ0v) is 18.1. The number of hydrogen-bond acceptors (Lipinski definition) is 4. The summed E-state index contributed by atoms with van der Waals surface area (Å²) < 4.78 is 12.3. The van der Waals surface area contributed by atoms with Crippen LogP contribution in [-0.2, 0) is 30.8 Å². The normalized spacial score (nSPS) is 11.1. The fourth-order valence-corrected chi connectivity index (χ4v) is 3.95. The number of rotatable bonds is 9. The van der Waals surface area contributed by atoms with Gasteiger partial charge in [-0.25, -0.2) is 0 Å². The lowest BCUT2D eigenvalue weighted by molar-refractivity contribution is -0.136. The molecule has 3 N–H and O–H groups in total. The largest absolute Gasteiger partial charge is 0.488 e. The zero-order valence-electron chi connectivity index (χ0n) is 18.1. The number of hydrogen-bond donors (Lipinski definition) is 2. The molecule has 164 valence electrons. The summed E-state index contributed by atoms with van der Waals surface area (Å²) in [4.78, 5) is 11.2. The van der Waals surface area contributed by atoms with Gasteiger partial charge in [0.1, 0.15) is 23.7 Å². The van der Waals surface area contributed by atoms with Crippen LogP contribution in [0, 0.1) is 0 Å². The minimum atomic E-state index is -0.883. The number of aliphatic carboxylic acids is 1. The number of carboxylic acid groups (broad SMARTS) is 1. The van der Waals surface area contributed by atoms with Crippen molar-refractivity contribution in [2.75, 3.05) is 0 Å². The first kappa shape index (κ1) is 21.7. The van der Waals surface area contributed by atoms with Crippen LogP contribution in [0.15, 0.2) is 71.1 Å². The highest BCUT2D eigenvalue weighted by molar-refractivity contribution is 5.87. The maximum Gasteiger partial charge on any atom is 0.307 e. The van der Waals surface area contributed by atoms with Crippen LogP contribution >= 0.6 is 0 Å². The molecule has 5 heteroatoms. The lowest BCUT2D eigenvalue weighted by Gasteiger charge is -2.11. The van der Waals surface area contributed by atoms with E-state index in [0.717, 1.165) is 51.8 Å². The number of carbonyl (C=O) groups is 1. The molecule has 32 heavy (non-hydrogen) atoms. The Hall–Kier alpha value is -3.57. The fourth-order valence-electron chi connectivity index (χ4n) is 3.95. The monoisotopic (exact) mass is 429 g/mol. The second kappa shape index (κ2) is 9.71. The van der Waals surface area contributed by atoms with Crippen LogP contribution in [0.25, 0.3) is 22.1 Å². The summed E-state index contributed by atoms with van der Waals surface area (Å²) in [5.41, 5.74) is 11.6. The van der Waals surface area contributed by atoms with Crippen LogP contribution in [0.5, 0.6) is 5.75 Å². The van der Waals surface area contributed by atoms with Crippen LogP contribution in [-0.4, -0.2) is 11.1 Å². The smallest absolute Gasteiger partial charge is 0.307 e. The third kappa shape index (κ3) is 4.68. The zero-order chi connectivity index (χ0) is 22.5. The van der Waals surface area contributed by atoms with E-state index in [9.17, 15) is 9.90 Å². The van der Waals surface area contributed by atoms with Gasteiger partial charge in [-0.1, -0.05) is 49.4 Å². The molecule has 0 saturated heterocycles. The number of para-hydroxylation sites is 1. The first-order valence-electron chi connectivity index (χ1n) is 10.8. The molecule has 0 amide bonds. The first-order chi connectivity index (χ1) is 15.6. The van der Waals surface area contributed by atoms with Crippen molar-refractivity contribution in [2.45, 2.75) is 39.3 Å². The Kier molecular flexibility index (Phi) is 6.57. The summed E-state index contributed by atoms with van der Waals surface area (Å²) in [7, 11) is 0. The highest BCUT2D eigenvalue weighted by Gasteiger charge is 2.16. The first-order valence-corrected chi connectivity index (χ1v) is 10.8. The standard InChI is InChI=1S/C27H27NO4/c1-2-6-25-23(17-31-24-10-4-3-8-21(24)15-27(29)30)22-14-20(11-12-26(22)32-25)19-9-5-7-18(13-19)16-28/h3-5,7-14H,2,6,15-17,28H2,1H3,(H,29,30). The van der Waals surface area contributed by atoms with Crippen molar-refractivity contribution in [3.8, 4) is 16.9 Å². The second-order valence-electron chi connectivity index (χ2n) is 7.84. The minimum Gasteiger partial charge on any atom is -0.488 e. The quantitative estimate of drug-likeness (QED) is 0.356. The van der Waals surface area contributed by atoms with E-state index >= 15 is 0 Å². The summed E-state index contributed by atoms with van der Waals surface area (Å²) in [6, 6.07) is 21.7. The van der Waals surface area contributed by atoms with E-state index in [1.165, 1.54) is 0 Å². The summed E-state index contributed by atoms with van der Waals surface area (Å²) in [6.45, 7) is 2.92. The van der Waals surface area contributed by atoms with E-state index in [2.05, 4.69) is 31.2 Å². The number of nitrogens with two attached hydrogens (primary N) is 1. The molecule has 4 rings (SSSR count). The van der Waals surface area contributed by atoms with Crippen molar-refractivity contribution in [1.82, 2.24) is 0 Å². The Morgan fingerprint density at radius 2 is 1.84 bits per heavy atom. The molecule has 0 atom stereocenters. The highest BCUT2D eigenvalue weighted by Crippen LogP contribution is 2.33. The molecule has 0 bridgehead atoms. The molecule has 3 aromatic carbocycles. The van der Waals surface area contributed by atoms with E-state index in [0.29, 0.717) is 24.5 Å². The molecular weight excluding hydrogens is 402 g/mol. The maximum absolute atomic E-state index is 11.2. The van der Waals surface area contributed by atoms with Gasteiger partial charge in [-0.3, -0.25) is 4.79 Å². The molecule has 0 unspecified atom stereocenters. The SMILES string of the molecule is CCCc1oc2ccc(-c3cccc(CN)c3)cc2c1COc1ccccc1CC(=O)O. The van der Waals surface area contributed by atoms with E-state index in [1.54, 1.807) is 6.07 Å². The predicted octanol–water partition coefficient (Wildman–Crippen LogP) is 5.72. The van der Waals surface area contributed by atoms with Crippen molar-refractivity contribution in [2.24, 2.45) is 5.73 Å². The highest BCUT2D eigenvalue weighted by atomic mass is 16.5. The van der Waals surface area contributed by atoms with E-state index < -0.39 is 5.97 Å². The summed E-state index contributed by atoms with van der Waals surface area (Å²) in [6.07, 6.45) is 1.68. The van der Waals surface area contributed by atoms with Crippen LogP contribution in [0.3, 0.4) is 0 Å². The lowest BCUT2D eigenvalue weighted by atomic mass is 10.00. The molecule has 1 aromatic heterocycles. The van der Waals surface area contributed by atoms with Gasteiger partial charge in [0, 0.05) is 29.5 Å². The molecular formula is C27H27NO4. The number of furan rings is 1. The van der Waals surface area contributed by atoms with Crippen LogP contribution in [0.2, 0.25) is 0 Å². The third-order valence-corrected chi connectivity index (χ3v) is 5.53. The van der Waals surface area contributed by atoms with E-state index in [1.807, 2.05) is 36.4 Å². The Balaban J connectivity index is 1.71. The van der Waals surface area contributed by atoms with Gasteiger partial charge < -0.3 is 20.0 Å². The molecule has 0 aliphatic carbocycles. The van der Waals surface area contributed by atoms with Gasteiger partial charge in [0.2, 0.25) is 0 Å². The van der Waals surface area contributed by atoms with Crippen molar-refractivity contribution in [1.29, 1.82) is 0 Å². The van der Waals surface area contributed by atoms with E-state index in [4.69, 9.17) is 14.9 Å². The Morgan fingerprint density at radius 1 is 1.03 bits per heavy atom. The van der Waals surface area contributed by atoms with Gasteiger partial charge in [-0.05, 0) is 47.4 Å². The molecule has 0 radical (unpaired) electrons. The van der Waals surface area contributed by atoms with Gasteiger partial charge in [0.25, 0.3) is 0 Å². The Bertz CT molecular complexity index is 1240. The van der Waals surface area contributed by atoms with Crippen molar-refractivity contribution in [3.05, 3.63) is 89.2 Å².